The maximum Gasteiger partial charge on any atom is 0.275 e. The van der Waals surface area contributed by atoms with Crippen molar-refractivity contribution in [3.05, 3.63) is 108 Å². The number of imidazole rings is 1. The van der Waals surface area contributed by atoms with Gasteiger partial charge in [-0.1, -0.05) is 42.5 Å². The molecular formula is C26H22N6O. The van der Waals surface area contributed by atoms with Gasteiger partial charge in [0.05, 0.1) is 35.5 Å². The molecule has 0 aliphatic heterocycles. The summed E-state index contributed by atoms with van der Waals surface area (Å²) in [6.07, 6.45) is 5.97. The van der Waals surface area contributed by atoms with Crippen molar-refractivity contribution in [2.75, 3.05) is 11.9 Å². The monoisotopic (exact) mass is 434 g/mol. The summed E-state index contributed by atoms with van der Waals surface area (Å²) in [5.41, 5.74) is 4.52. The molecule has 0 spiro atoms. The molecule has 0 saturated heterocycles. The van der Waals surface area contributed by atoms with Gasteiger partial charge in [-0.15, -0.1) is 0 Å². The first-order valence-corrected chi connectivity index (χ1v) is 10.5. The molecule has 4 aromatic rings. The molecule has 2 aromatic heterocycles. The molecule has 0 saturated carbocycles. The van der Waals surface area contributed by atoms with Crippen LogP contribution in [0.5, 0.6) is 0 Å². The van der Waals surface area contributed by atoms with Crippen molar-refractivity contribution in [3.8, 4) is 11.8 Å². The van der Waals surface area contributed by atoms with Gasteiger partial charge in [-0.25, -0.2) is 9.97 Å². The Morgan fingerprint density at radius 1 is 1.06 bits per heavy atom. The summed E-state index contributed by atoms with van der Waals surface area (Å²) in [5.74, 6) is 0.121. The highest BCUT2D eigenvalue weighted by atomic mass is 16.2. The number of nitriles is 1. The van der Waals surface area contributed by atoms with Crippen LogP contribution in [0.2, 0.25) is 0 Å². The minimum Gasteiger partial charge on any atom is -0.305 e. The highest BCUT2D eigenvalue weighted by Gasteiger charge is 2.14. The van der Waals surface area contributed by atoms with E-state index < -0.39 is 0 Å². The number of rotatable bonds is 7. The molecule has 7 nitrogen and oxygen atoms in total. The summed E-state index contributed by atoms with van der Waals surface area (Å²) in [6, 6.07) is 22.5. The van der Waals surface area contributed by atoms with Crippen LogP contribution in [0.3, 0.4) is 0 Å². The van der Waals surface area contributed by atoms with E-state index in [0.29, 0.717) is 30.1 Å². The lowest BCUT2D eigenvalue weighted by Gasteiger charge is -2.09. The molecule has 162 valence electrons. The second-order valence-electron chi connectivity index (χ2n) is 7.43. The number of aryl methyl sites for hydroxylation is 1. The standard InChI is InChI=1S/C26H22N6O/c1-19-17-32(18-30-19)23-11-12-24(29-16-23)31-26(33)25(22-5-3-2-4-6-22)28-14-13-20-7-9-21(15-27)10-8-20/h2-12,16-18H,13-14H2,1H3,(H,29,31,33)/b28-25+. The van der Waals surface area contributed by atoms with Gasteiger partial charge in [0.1, 0.15) is 11.5 Å². The molecule has 0 fully saturated rings. The molecular weight excluding hydrogens is 412 g/mol. The van der Waals surface area contributed by atoms with E-state index in [0.717, 1.165) is 22.5 Å². The third-order valence-electron chi connectivity index (χ3n) is 5.02. The highest BCUT2D eigenvalue weighted by molar-refractivity contribution is 6.48. The lowest BCUT2D eigenvalue weighted by molar-refractivity contribution is -0.110. The molecule has 1 amide bonds. The molecule has 4 rings (SSSR count). The van der Waals surface area contributed by atoms with Gasteiger partial charge in [-0.3, -0.25) is 9.79 Å². The van der Waals surface area contributed by atoms with Gasteiger partial charge in [0.2, 0.25) is 0 Å². The summed E-state index contributed by atoms with van der Waals surface area (Å²) in [5, 5.41) is 11.8. The Kier molecular flexibility index (Phi) is 6.67. The number of aliphatic imine (C=N–C) groups is 1. The number of benzene rings is 2. The average Bonchev–Trinajstić information content (AvgIpc) is 3.29. The molecule has 0 aliphatic carbocycles. The van der Waals surface area contributed by atoms with Crippen molar-refractivity contribution < 1.29 is 4.79 Å². The van der Waals surface area contributed by atoms with Crippen LogP contribution >= 0.6 is 0 Å². The smallest absolute Gasteiger partial charge is 0.275 e. The number of nitrogens with zero attached hydrogens (tertiary/aromatic N) is 5. The Morgan fingerprint density at radius 2 is 1.85 bits per heavy atom. The fourth-order valence-corrected chi connectivity index (χ4v) is 3.28. The third-order valence-corrected chi connectivity index (χ3v) is 5.02. The van der Waals surface area contributed by atoms with Crippen LogP contribution in [0.25, 0.3) is 5.69 Å². The second kappa shape index (κ2) is 10.2. The van der Waals surface area contributed by atoms with Crippen LogP contribution in [0, 0.1) is 18.3 Å². The summed E-state index contributed by atoms with van der Waals surface area (Å²) in [7, 11) is 0. The molecule has 2 aromatic carbocycles. The van der Waals surface area contributed by atoms with Crippen LogP contribution in [0.4, 0.5) is 5.82 Å². The molecule has 0 unspecified atom stereocenters. The highest BCUT2D eigenvalue weighted by Crippen LogP contribution is 2.12. The van der Waals surface area contributed by atoms with E-state index in [9.17, 15) is 4.79 Å². The van der Waals surface area contributed by atoms with Crippen molar-refractivity contribution in [1.82, 2.24) is 14.5 Å². The van der Waals surface area contributed by atoms with Gasteiger partial charge < -0.3 is 9.88 Å². The van der Waals surface area contributed by atoms with E-state index in [4.69, 9.17) is 5.26 Å². The fraction of sp³-hybridized carbons (Fsp3) is 0.115. The number of pyridine rings is 1. The van der Waals surface area contributed by atoms with E-state index in [1.54, 1.807) is 30.7 Å². The van der Waals surface area contributed by atoms with E-state index in [-0.39, 0.29) is 5.91 Å². The maximum atomic E-state index is 13.1. The fourth-order valence-electron chi connectivity index (χ4n) is 3.28. The average molecular weight is 435 g/mol. The zero-order valence-electron chi connectivity index (χ0n) is 18.1. The summed E-state index contributed by atoms with van der Waals surface area (Å²) < 4.78 is 1.87. The molecule has 0 bridgehead atoms. The number of hydrogen-bond acceptors (Lipinski definition) is 5. The molecule has 33 heavy (non-hydrogen) atoms. The largest absolute Gasteiger partial charge is 0.305 e. The van der Waals surface area contributed by atoms with Gasteiger partial charge >= 0.3 is 0 Å². The molecule has 0 atom stereocenters. The Balaban J connectivity index is 1.48. The van der Waals surface area contributed by atoms with Gasteiger partial charge in [0.15, 0.2) is 0 Å². The summed E-state index contributed by atoms with van der Waals surface area (Å²) in [4.78, 5) is 26.2. The molecule has 7 heteroatoms. The number of nitrogens with one attached hydrogen (secondary N) is 1. The Bertz CT molecular complexity index is 1300. The first kappa shape index (κ1) is 21.7. The SMILES string of the molecule is Cc1cn(-c2ccc(NC(=O)/C(=N/CCc3ccc(C#N)cc3)c3ccccc3)nc2)cn1. The van der Waals surface area contributed by atoms with Crippen LogP contribution < -0.4 is 5.32 Å². The van der Waals surface area contributed by atoms with E-state index in [1.807, 2.05) is 66.2 Å². The van der Waals surface area contributed by atoms with Gasteiger partial charge in [0.25, 0.3) is 5.91 Å². The number of anilines is 1. The Hall–Kier alpha value is -4.57. The van der Waals surface area contributed by atoms with Crippen LogP contribution in [-0.4, -0.2) is 32.7 Å². The van der Waals surface area contributed by atoms with Gasteiger partial charge in [-0.05, 0) is 43.2 Å². The lowest BCUT2D eigenvalue weighted by Crippen LogP contribution is -2.25. The Morgan fingerprint density at radius 3 is 2.48 bits per heavy atom. The number of carbonyl (C=O) groups excluding carboxylic acids is 1. The predicted molar refractivity (Wildman–Crippen MR) is 127 cm³/mol. The lowest BCUT2D eigenvalue weighted by atomic mass is 10.1. The first-order chi connectivity index (χ1) is 16.1. The van der Waals surface area contributed by atoms with Gasteiger partial charge in [-0.2, -0.15) is 5.26 Å². The van der Waals surface area contributed by atoms with E-state index >= 15 is 0 Å². The predicted octanol–water partition coefficient (Wildman–Crippen LogP) is 4.12. The molecule has 2 heterocycles. The number of carbonyl (C=O) groups is 1. The molecule has 0 radical (unpaired) electrons. The van der Waals surface area contributed by atoms with Crippen LogP contribution in [0.1, 0.15) is 22.4 Å². The van der Waals surface area contributed by atoms with Crippen molar-refractivity contribution in [1.29, 1.82) is 5.26 Å². The molecule has 1 N–H and O–H groups in total. The van der Waals surface area contributed by atoms with Crippen LogP contribution in [-0.2, 0) is 11.2 Å². The van der Waals surface area contributed by atoms with Crippen molar-refractivity contribution in [2.45, 2.75) is 13.3 Å². The van der Waals surface area contributed by atoms with E-state index in [2.05, 4.69) is 26.3 Å². The zero-order chi connectivity index (χ0) is 23.0. The third kappa shape index (κ3) is 5.57. The number of amides is 1. The minimum atomic E-state index is -0.320. The number of aromatic nitrogens is 3. The molecule has 0 aliphatic rings. The summed E-state index contributed by atoms with van der Waals surface area (Å²) >= 11 is 0. The first-order valence-electron chi connectivity index (χ1n) is 10.5. The minimum absolute atomic E-state index is 0.320. The normalized spacial score (nSPS) is 11.1. The second-order valence-corrected chi connectivity index (χ2v) is 7.43. The van der Waals surface area contributed by atoms with Crippen molar-refractivity contribution in [3.63, 3.8) is 0 Å². The Labute approximate surface area is 192 Å². The zero-order valence-corrected chi connectivity index (χ0v) is 18.1. The van der Waals surface area contributed by atoms with Gasteiger partial charge in [0, 0.05) is 18.3 Å². The quantitative estimate of drug-likeness (QED) is 0.443. The van der Waals surface area contributed by atoms with Crippen LogP contribution in [0.15, 0.2) is 90.4 Å². The number of hydrogen-bond donors (Lipinski definition) is 1. The van der Waals surface area contributed by atoms with Crippen molar-refractivity contribution >= 4 is 17.4 Å². The van der Waals surface area contributed by atoms with E-state index in [1.165, 1.54) is 0 Å². The maximum absolute atomic E-state index is 13.1. The van der Waals surface area contributed by atoms with Crippen molar-refractivity contribution in [2.24, 2.45) is 4.99 Å². The summed E-state index contributed by atoms with van der Waals surface area (Å²) in [6.45, 7) is 2.36. The topological polar surface area (TPSA) is 96.0 Å².